The lowest BCUT2D eigenvalue weighted by molar-refractivity contribution is 0.108. The number of nitrogens with one attached hydrogen (secondary N) is 1. The predicted molar refractivity (Wildman–Crippen MR) is 84.1 cm³/mol. The molecule has 120 valence electrons. The summed E-state index contributed by atoms with van der Waals surface area (Å²) >= 11 is 0. The number of nitrogens with zero attached hydrogens (tertiary/aromatic N) is 1. The summed E-state index contributed by atoms with van der Waals surface area (Å²) < 4.78 is 10.8. The minimum absolute atomic E-state index is 0.0131. The second-order valence-electron chi connectivity index (χ2n) is 5.98. The average molecular weight is 304 g/mol. The lowest BCUT2D eigenvalue weighted by atomic mass is 10.0. The quantitative estimate of drug-likeness (QED) is 0.932. The fourth-order valence-electron chi connectivity index (χ4n) is 3.15. The molecule has 0 saturated carbocycles. The molecule has 5 heteroatoms. The van der Waals surface area contributed by atoms with E-state index in [1.165, 1.54) is 11.1 Å². The molecule has 1 aromatic rings. The van der Waals surface area contributed by atoms with Crippen molar-refractivity contribution in [3.05, 3.63) is 29.3 Å². The molecule has 0 aliphatic carbocycles. The molecule has 1 N–H and O–H groups in total. The van der Waals surface area contributed by atoms with Crippen LogP contribution in [0.2, 0.25) is 0 Å². The molecule has 0 spiro atoms. The molecular weight excluding hydrogens is 280 g/mol. The van der Waals surface area contributed by atoms with Crippen LogP contribution in [-0.4, -0.2) is 43.8 Å². The van der Waals surface area contributed by atoms with E-state index in [1.54, 1.807) is 7.11 Å². The standard InChI is InChI=1S/C17H24N2O3/c1-21-15-7-6-14-12-19(8-2-4-13(14)10-15)17(20)18-11-16-5-3-9-22-16/h6-7,10,16H,2-5,8-9,11-12H2,1H3,(H,18,20)/t16-/m0/s1. The van der Waals surface area contributed by atoms with E-state index < -0.39 is 0 Å². The number of urea groups is 1. The maximum absolute atomic E-state index is 12.4. The van der Waals surface area contributed by atoms with Crippen molar-refractivity contribution in [3.63, 3.8) is 0 Å². The van der Waals surface area contributed by atoms with Crippen molar-refractivity contribution in [1.82, 2.24) is 10.2 Å². The largest absolute Gasteiger partial charge is 0.497 e. The van der Waals surface area contributed by atoms with Crippen LogP contribution < -0.4 is 10.1 Å². The molecule has 0 aromatic heterocycles. The Bertz CT molecular complexity index is 527. The van der Waals surface area contributed by atoms with Crippen LogP contribution in [0.15, 0.2) is 18.2 Å². The summed E-state index contributed by atoms with van der Waals surface area (Å²) in [7, 11) is 1.68. The van der Waals surface area contributed by atoms with Crippen molar-refractivity contribution in [1.29, 1.82) is 0 Å². The first-order chi connectivity index (χ1) is 10.8. The number of fused-ring (bicyclic) bond motifs is 1. The minimum atomic E-state index is 0.0131. The van der Waals surface area contributed by atoms with Gasteiger partial charge >= 0.3 is 6.03 Å². The monoisotopic (exact) mass is 304 g/mol. The molecule has 3 rings (SSSR count). The summed E-state index contributed by atoms with van der Waals surface area (Å²) in [6.45, 7) is 2.88. The smallest absolute Gasteiger partial charge is 0.317 e. The fraction of sp³-hybridized carbons (Fsp3) is 0.588. The Hall–Kier alpha value is -1.75. The van der Waals surface area contributed by atoms with Gasteiger partial charge in [0.05, 0.1) is 13.2 Å². The van der Waals surface area contributed by atoms with E-state index >= 15 is 0 Å². The molecule has 2 aliphatic rings. The molecule has 0 unspecified atom stereocenters. The summed E-state index contributed by atoms with van der Waals surface area (Å²) in [6, 6.07) is 6.13. The molecule has 2 amide bonds. The van der Waals surface area contributed by atoms with E-state index in [1.807, 2.05) is 11.0 Å². The summed E-state index contributed by atoms with van der Waals surface area (Å²) in [4.78, 5) is 14.3. The number of carbonyl (C=O) groups is 1. The summed E-state index contributed by atoms with van der Waals surface area (Å²) in [5.74, 6) is 0.884. The molecule has 2 aliphatic heterocycles. The summed E-state index contributed by atoms with van der Waals surface area (Å²) in [6.07, 6.45) is 4.30. The van der Waals surface area contributed by atoms with E-state index in [2.05, 4.69) is 17.4 Å². The highest BCUT2D eigenvalue weighted by molar-refractivity contribution is 5.74. The molecule has 1 fully saturated rings. The Labute approximate surface area is 131 Å². The van der Waals surface area contributed by atoms with Crippen molar-refractivity contribution in [3.8, 4) is 5.75 Å². The highest BCUT2D eigenvalue weighted by Crippen LogP contribution is 2.23. The average Bonchev–Trinajstić information content (AvgIpc) is 2.97. The third-order valence-electron chi connectivity index (χ3n) is 4.44. The van der Waals surface area contributed by atoms with Crippen LogP contribution in [0.25, 0.3) is 0 Å². The predicted octanol–water partition coefficient (Wildman–Crippen LogP) is 2.33. The fourth-order valence-corrected chi connectivity index (χ4v) is 3.15. The number of carbonyl (C=O) groups excluding carboxylic acids is 1. The Balaban J connectivity index is 1.60. The number of ether oxygens (including phenoxy) is 2. The van der Waals surface area contributed by atoms with Crippen molar-refractivity contribution in [2.75, 3.05) is 26.8 Å². The van der Waals surface area contributed by atoms with Gasteiger partial charge in [0.25, 0.3) is 0 Å². The normalized spacial score (nSPS) is 21.1. The van der Waals surface area contributed by atoms with Crippen LogP contribution in [0.3, 0.4) is 0 Å². The van der Waals surface area contributed by atoms with Crippen molar-refractivity contribution < 1.29 is 14.3 Å². The zero-order chi connectivity index (χ0) is 15.4. The lowest BCUT2D eigenvalue weighted by Gasteiger charge is -2.22. The first-order valence-electron chi connectivity index (χ1n) is 8.06. The van der Waals surface area contributed by atoms with Crippen LogP contribution in [0, 0.1) is 0 Å². The first-order valence-corrected chi connectivity index (χ1v) is 8.06. The van der Waals surface area contributed by atoms with Crippen LogP contribution in [0.4, 0.5) is 4.79 Å². The summed E-state index contributed by atoms with van der Waals surface area (Å²) in [5.41, 5.74) is 2.50. The molecule has 22 heavy (non-hydrogen) atoms. The maximum Gasteiger partial charge on any atom is 0.317 e. The van der Waals surface area contributed by atoms with Gasteiger partial charge in [-0.15, -0.1) is 0 Å². The summed E-state index contributed by atoms with van der Waals surface area (Å²) in [5, 5.41) is 3.01. The Morgan fingerprint density at radius 2 is 2.32 bits per heavy atom. The topological polar surface area (TPSA) is 50.8 Å². The van der Waals surface area contributed by atoms with Gasteiger partial charge in [0.2, 0.25) is 0 Å². The SMILES string of the molecule is COc1ccc2c(c1)CCCN(C(=O)NC[C@@H]1CCCO1)C2. The van der Waals surface area contributed by atoms with Crippen molar-refractivity contribution in [2.45, 2.75) is 38.3 Å². The Kier molecular flexibility index (Phi) is 4.83. The molecule has 1 saturated heterocycles. The number of aryl methyl sites for hydroxylation is 1. The van der Waals surface area contributed by atoms with Crippen LogP contribution >= 0.6 is 0 Å². The van der Waals surface area contributed by atoms with E-state index in [0.29, 0.717) is 13.1 Å². The van der Waals surface area contributed by atoms with Gasteiger partial charge in [0.1, 0.15) is 5.75 Å². The van der Waals surface area contributed by atoms with Gasteiger partial charge < -0.3 is 19.7 Å². The van der Waals surface area contributed by atoms with Crippen molar-refractivity contribution in [2.24, 2.45) is 0 Å². The van der Waals surface area contributed by atoms with Gasteiger partial charge in [-0.1, -0.05) is 6.07 Å². The molecule has 5 nitrogen and oxygen atoms in total. The Morgan fingerprint density at radius 1 is 1.41 bits per heavy atom. The van der Waals surface area contributed by atoms with Crippen LogP contribution in [0.5, 0.6) is 5.75 Å². The second kappa shape index (κ2) is 7.01. The molecule has 0 radical (unpaired) electrons. The third kappa shape index (κ3) is 3.53. The van der Waals surface area contributed by atoms with E-state index in [-0.39, 0.29) is 12.1 Å². The van der Waals surface area contributed by atoms with Gasteiger partial charge in [0, 0.05) is 26.2 Å². The third-order valence-corrected chi connectivity index (χ3v) is 4.44. The van der Waals surface area contributed by atoms with Crippen LogP contribution in [-0.2, 0) is 17.7 Å². The van der Waals surface area contributed by atoms with E-state index in [4.69, 9.17) is 9.47 Å². The lowest BCUT2D eigenvalue weighted by Crippen LogP contribution is -2.42. The van der Waals surface area contributed by atoms with Gasteiger partial charge in [0.15, 0.2) is 0 Å². The number of benzene rings is 1. The molecule has 0 bridgehead atoms. The van der Waals surface area contributed by atoms with E-state index in [9.17, 15) is 4.79 Å². The molecule has 1 atom stereocenters. The highest BCUT2D eigenvalue weighted by atomic mass is 16.5. The molecule has 1 aromatic carbocycles. The van der Waals surface area contributed by atoms with Gasteiger partial charge in [-0.2, -0.15) is 0 Å². The highest BCUT2D eigenvalue weighted by Gasteiger charge is 2.21. The maximum atomic E-state index is 12.4. The van der Waals surface area contributed by atoms with Gasteiger partial charge in [-0.3, -0.25) is 0 Å². The van der Waals surface area contributed by atoms with Gasteiger partial charge in [-0.25, -0.2) is 4.79 Å². The first kappa shape index (κ1) is 15.2. The molecule has 2 heterocycles. The number of rotatable bonds is 3. The second-order valence-corrected chi connectivity index (χ2v) is 5.98. The zero-order valence-electron chi connectivity index (χ0n) is 13.1. The van der Waals surface area contributed by atoms with Gasteiger partial charge in [-0.05, 0) is 48.9 Å². The number of hydrogen-bond donors (Lipinski definition) is 1. The minimum Gasteiger partial charge on any atom is -0.497 e. The number of methoxy groups -OCH3 is 1. The van der Waals surface area contributed by atoms with E-state index in [0.717, 1.165) is 44.6 Å². The number of hydrogen-bond acceptors (Lipinski definition) is 3. The van der Waals surface area contributed by atoms with Crippen LogP contribution in [0.1, 0.15) is 30.4 Å². The van der Waals surface area contributed by atoms with Crippen molar-refractivity contribution >= 4 is 6.03 Å². The molecular formula is C17H24N2O3. The number of amides is 2. The zero-order valence-corrected chi connectivity index (χ0v) is 13.1. The Morgan fingerprint density at radius 3 is 3.09 bits per heavy atom.